The van der Waals surface area contributed by atoms with E-state index in [2.05, 4.69) is 33.4 Å². The Kier molecular flexibility index (Phi) is 4.43. The number of nitrogens with two attached hydrogens (primary N) is 1. The second-order valence-corrected chi connectivity index (χ2v) is 6.34. The highest BCUT2D eigenvalue weighted by Gasteiger charge is 2.09. The molecule has 27 heavy (non-hydrogen) atoms. The maximum atomic E-state index is 8.99. The molecule has 0 saturated heterocycles. The van der Waals surface area contributed by atoms with Gasteiger partial charge in [0, 0.05) is 23.3 Å². The summed E-state index contributed by atoms with van der Waals surface area (Å²) >= 11 is 0. The van der Waals surface area contributed by atoms with Crippen molar-refractivity contribution in [1.82, 2.24) is 19.7 Å². The number of rotatable bonds is 5. The van der Waals surface area contributed by atoms with Crippen molar-refractivity contribution in [1.29, 1.82) is 0 Å². The van der Waals surface area contributed by atoms with Crippen molar-refractivity contribution in [2.24, 2.45) is 0 Å². The number of aliphatic hydroxyl groups excluding tert-OH is 1. The molecule has 3 heterocycles. The highest BCUT2D eigenvalue weighted by molar-refractivity contribution is 5.94. The molecule has 4 N–H and O–H groups in total. The molecule has 0 amide bonds. The molecule has 0 atom stereocenters. The number of aryl methyl sites for hydroxylation is 1. The molecule has 0 aliphatic carbocycles. The molecular weight excluding hydrogens is 340 g/mol. The second-order valence-electron chi connectivity index (χ2n) is 6.34. The van der Waals surface area contributed by atoms with Gasteiger partial charge in [0.25, 0.3) is 0 Å². The Morgan fingerprint density at radius 3 is 2.85 bits per heavy atom. The minimum absolute atomic E-state index is 0.0449. The smallest absolute Gasteiger partial charge is 0.133 e. The number of pyridine rings is 2. The molecular formula is C20H20N6O. The topological polar surface area (TPSA) is 102 Å². The Labute approximate surface area is 156 Å². The minimum Gasteiger partial charge on any atom is -0.394 e. The molecule has 0 spiro atoms. The van der Waals surface area contributed by atoms with Gasteiger partial charge < -0.3 is 16.2 Å². The van der Waals surface area contributed by atoms with Crippen LogP contribution >= 0.6 is 0 Å². The molecule has 0 bridgehead atoms. The van der Waals surface area contributed by atoms with Gasteiger partial charge in [-0.15, -0.1) is 0 Å². The lowest BCUT2D eigenvalue weighted by Crippen LogP contribution is -2.01. The number of hydrogen-bond donors (Lipinski definition) is 3. The van der Waals surface area contributed by atoms with Gasteiger partial charge in [0.05, 0.1) is 30.7 Å². The molecule has 4 rings (SSSR count). The minimum atomic E-state index is 0.0449. The van der Waals surface area contributed by atoms with E-state index in [4.69, 9.17) is 10.8 Å². The first-order valence-corrected chi connectivity index (χ1v) is 8.66. The highest BCUT2D eigenvalue weighted by atomic mass is 16.3. The van der Waals surface area contributed by atoms with Crippen LogP contribution in [0.1, 0.15) is 5.56 Å². The fraction of sp³-hybridized carbons (Fsp3) is 0.150. The second kappa shape index (κ2) is 7.05. The number of aliphatic hydroxyl groups is 1. The van der Waals surface area contributed by atoms with Crippen LogP contribution in [0.3, 0.4) is 0 Å². The van der Waals surface area contributed by atoms with E-state index < -0.39 is 0 Å². The van der Waals surface area contributed by atoms with Crippen LogP contribution in [0.15, 0.2) is 55.0 Å². The molecule has 4 aromatic rings. The third kappa shape index (κ3) is 3.45. The highest BCUT2D eigenvalue weighted by Crippen LogP contribution is 2.29. The van der Waals surface area contributed by atoms with Crippen molar-refractivity contribution >= 4 is 28.1 Å². The Bertz CT molecular complexity index is 1100. The monoisotopic (exact) mass is 360 g/mol. The lowest BCUT2D eigenvalue weighted by molar-refractivity contribution is 0.269. The first-order valence-electron chi connectivity index (χ1n) is 8.66. The first kappa shape index (κ1) is 17.0. The van der Waals surface area contributed by atoms with Crippen LogP contribution in [-0.4, -0.2) is 31.5 Å². The average molecular weight is 360 g/mol. The van der Waals surface area contributed by atoms with Crippen LogP contribution in [0.2, 0.25) is 0 Å². The van der Waals surface area contributed by atoms with E-state index in [1.807, 2.05) is 36.5 Å². The number of anilines is 3. The number of aromatic nitrogens is 4. The third-order valence-corrected chi connectivity index (χ3v) is 4.40. The van der Waals surface area contributed by atoms with Crippen molar-refractivity contribution < 1.29 is 5.11 Å². The van der Waals surface area contributed by atoms with E-state index in [-0.39, 0.29) is 6.61 Å². The van der Waals surface area contributed by atoms with Gasteiger partial charge in [0.1, 0.15) is 11.6 Å². The Hall–Kier alpha value is -3.45. The maximum absolute atomic E-state index is 8.99. The Morgan fingerprint density at radius 1 is 1.19 bits per heavy atom. The van der Waals surface area contributed by atoms with E-state index in [0.717, 1.165) is 33.3 Å². The molecule has 0 saturated carbocycles. The summed E-state index contributed by atoms with van der Waals surface area (Å²) in [6.07, 6.45) is 5.24. The number of fused-ring (bicyclic) bond motifs is 1. The number of hydrogen-bond acceptors (Lipinski definition) is 6. The Balaban J connectivity index is 1.71. The van der Waals surface area contributed by atoms with E-state index in [0.29, 0.717) is 18.2 Å². The largest absolute Gasteiger partial charge is 0.394 e. The fourth-order valence-corrected chi connectivity index (χ4v) is 3.04. The normalized spacial score (nSPS) is 11.0. The number of nitrogen functional groups attached to an aromatic ring is 1. The van der Waals surface area contributed by atoms with Crippen LogP contribution < -0.4 is 11.1 Å². The van der Waals surface area contributed by atoms with Crippen LogP contribution in [0.25, 0.3) is 22.0 Å². The van der Waals surface area contributed by atoms with Crippen molar-refractivity contribution in [3.05, 3.63) is 60.6 Å². The van der Waals surface area contributed by atoms with Gasteiger partial charge in [-0.2, -0.15) is 5.10 Å². The summed E-state index contributed by atoms with van der Waals surface area (Å²) in [6.45, 7) is 2.55. The molecule has 0 aliphatic rings. The molecule has 0 unspecified atom stereocenters. The maximum Gasteiger partial charge on any atom is 0.133 e. The zero-order chi connectivity index (χ0) is 18.8. The number of nitrogens with one attached hydrogen (secondary N) is 1. The zero-order valence-electron chi connectivity index (χ0n) is 14.9. The van der Waals surface area contributed by atoms with Gasteiger partial charge in [-0.3, -0.25) is 4.68 Å². The van der Waals surface area contributed by atoms with Gasteiger partial charge in [-0.25, -0.2) is 9.97 Å². The lowest BCUT2D eigenvalue weighted by atomic mass is 10.0. The van der Waals surface area contributed by atoms with Gasteiger partial charge in [-0.1, -0.05) is 24.3 Å². The van der Waals surface area contributed by atoms with Crippen LogP contribution in [0.5, 0.6) is 0 Å². The summed E-state index contributed by atoms with van der Waals surface area (Å²) in [7, 11) is 0. The summed E-state index contributed by atoms with van der Waals surface area (Å²) in [5, 5.41) is 18.2. The summed E-state index contributed by atoms with van der Waals surface area (Å²) < 4.78 is 1.67. The Morgan fingerprint density at radius 2 is 2.04 bits per heavy atom. The standard InChI is InChI=1S/C20H20N6O/c1-13-4-2-3-5-16(13)18-8-14-9-19(22-11-17(14)20(21)25-18)24-15-10-23-26(12-15)6-7-27/h2-5,8-12,27H,6-7H2,1H3,(H2,21,25)(H,22,24). The number of nitrogens with zero attached hydrogens (tertiary/aromatic N) is 4. The molecule has 0 aliphatic heterocycles. The van der Waals surface area contributed by atoms with Crippen molar-refractivity contribution in [3.63, 3.8) is 0 Å². The van der Waals surface area contributed by atoms with E-state index in [1.54, 1.807) is 17.1 Å². The van der Waals surface area contributed by atoms with Crippen LogP contribution in [0, 0.1) is 6.92 Å². The van der Waals surface area contributed by atoms with Gasteiger partial charge >= 0.3 is 0 Å². The summed E-state index contributed by atoms with van der Waals surface area (Å²) in [4.78, 5) is 8.97. The third-order valence-electron chi connectivity index (χ3n) is 4.40. The lowest BCUT2D eigenvalue weighted by Gasteiger charge is -2.10. The quantitative estimate of drug-likeness (QED) is 0.505. The van der Waals surface area contributed by atoms with Crippen molar-refractivity contribution in [2.75, 3.05) is 17.7 Å². The van der Waals surface area contributed by atoms with Gasteiger partial charge in [0.15, 0.2) is 0 Å². The van der Waals surface area contributed by atoms with E-state index in [9.17, 15) is 0 Å². The van der Waals surface area contributed by atoms with E-state index in [1.165, 1.54) is 0 Å². The molecule has 7 heteroatoms. The predicted molar refractivity (Wildman–Crippen MR) is 107 cm³/mol. The zero-order valence-corrected chi connectivity index (χ0v) is 14.9. The summed E-state index contributed by atoms with van der Waals surface area (Å²) in [5.74, 6) is 1.15. The molecule has 0 radical (unpaired) electrons. The molecule has 3 aromatic heterocycles. The predicted octanol–water partition coefficient (Wildman–Crippen LogP) is 3.12. The van der Waals surface area contributed by atoms with Crippen LogP contribution in [0.4, 0.5) is 17.3 Å². The van der Waals surface area contributed by atoms with E-state index >= 15 is 0 Å². The summed E-state index contributed by atoms with van der Waals surface area (Å²) in [6, 6.07) is 12.1. The first-order chi connectivity index (χ1) is 13.1. The molecule has 1 aromatic carbocycles. The van der Waals surface area contributed by atoms with Crippen LogP contribution in [-0.2, 0) is 6.54 Å². The summed E-state index contributed by atoms with van der Waals surface area (Å²) in [5.41, 5.74) is 10.0. The van der Waals surface area contributed by atoms with Gasteiger partial charge in [-0.05, 0) is 30.0 Å². The molecule has 7 nitrogen and oxygen atoms in total. The van der Waals surface area contributed by atoms with Crippen molar-refractivity contribution in [2.45, 2.75) is 13.5 Å². The molecule has 0 fully saturated rings. The molecule has 136 valence electrons. The SMILES string of the molecule is Cc1ccccc1-c1cc2cc(Nc3cnn(CCO)c3)ncc2c(N)n1. The van der Waals surface area contributed by atoms with Gasteiger partial charge in [0.2, 0.25) is 0 Å². The average Bonchev–Trinajstić information content (AvgIpc) is 3.09. The fourth-order valence-electron chi connectivity index (χ4n) is 3.04. The number of benzene rings is 1. The van der Waals surface area contributed by atoms with Crippen molar-refractivity contribution in [3.8, 4) is 11.3 Å².